The average molecular weight is 243 g/mol. The van der Waals surface area contributed by atoms with Crippen LogP contribution in [-0.2, 0) is 4.79 Å². The SMILES string of the molecule is COc1cccc(/C=C(\CCl)C(=O)O)c1O. The fourth-order valence-corrected chi connectivity index (χ4v) is 1.36. The van der Waals surface area contributed by atoms with Gasteiger partial charge in [0.05, 0.1) is 18.6 Å². The number of hydrogen-bond acceptors (Lipinski definition) is 3. The van der Waals surface area contributed by atoms with Gasteiger partial charge in [-0.25, -0.2) is 4.79 Å². The molecule has 0 amide bonds. The van der Waals surface area contributed by atoms with Crippen LogP contribution in [-0.4, -0.2) is 29.2 Å². The summed E-state index contributed by atoms with van der Waals surface area (Å²) in [6.07, 6.45) is 1.31. The number of carboxylic acid groups (broad SMARTS) is 1. The van der Waals surface area contributed by atoms with Crippen molar-refractivity contribution in [1.82, 2.24) is 0 Å². The van der Waals surface area contributed by atoms with Gasteiger partial charge in [-0.15, -0.1) is 11.6 Å². The van der Waals surface area contributed by atoms with E-state index in [4.69, 9.17) is 21.4 Å². The van der Waals surface area contributed by atoms with Crippen molar-refractivity contribution in [2.45, 2.75) is 0 Å². The number of aromatic hydroxyl groups is 1. The molecule has 86 valence electrons. The number of benzene rings is 1. The van der Waals surface area contributed by atoms with Crippen molar-refractivity contribution in [3.05, 3.63) is 29.3 Å². The molecule has 0 saturated carbocycles. The summed E-state index contributed by atoms with van der Waals surface area (Å²) in [7, 11) is 1.42. The maximum Gasteiger partial charge on any atom is 0.332 e. The maximum atomic E-state index is 10.7. The summed E-state index contributed by atoms with van der Waals surface area (Å²) in [4.78, 5) is 10.7. The number of carboxylic acids is 1. The molecular formula is C11H11ClO4. The van der Waals surface area contributed by atoms with Gasteiger partial charge in [0.2, 0.25) is 0 Å². The first kappa shape index (κ1) is 12.4. The number of alkyl halides is 1. The Morgan fingerprint density at radius 3 is 2.75 bits per heavy atom. The van der Waals surface area contributed by atoms with Crippen molar-refractivity contribution >= 4 is 23.6 Å². The molecule has 16 heavy (non-hydrogen) atoms. The first-order valence-electron chi connectivity index (χ1n) is 4.46. The van der Waals surface area contributed by atoms with E-state index in [2.05, 4.69) is 0 Å². The lowest BCUT2D eigenvalue weighted by Crippen LogP contribution is -2.01. The summed E-state index contributed by atoms with van der Waals surface area (Å²) >= 11 is 5.48. The lowest BCUT2D eigenvalue weighted by molar-refractivity contribution is -0.132. The summed E-state index contributed by atoms with van der Waals surface area (Å²) in [6.45, 7) is 0. The average Bonchev–Trinajstić information content (AvgIpc) is 2.27. The topological polar surface area (TPSA) is 66.8 Å². The van der Waals surface area contributed by atoms with Gasteiger partial charge in [-0.1, -0.05) is 12.1 Å². The molecular weight excluding hydrogens is 232 g/mol. The normalized spacial score (nSPS) is 11.2. The Hall–Kier alpha value is -1.68. The van der Waals surface area contributed by atoms with E-state index in [1.54, 1.807) is 18.2 Å². The molecule has 1 rings (SSSR count). The Bertz CT molecular complexity index is 426. The molecule has 4 nitrogen and oxygen atoms in total. The quantitative estimate of drug-likeness (QED) is 0.627. The first-order valence-corrected chi connectivity index (χ1v) is 4.99. The van der Waals surface area contributed by atoms with Gasteiger partial charge in [0.1, 0.15) is 0 Å². The molecule has 0 aromatic heterocycles. The second-order valence-electron chi connectivity index (χ2n) is 3.01. The van der Waals surface area contributed by atoms with E-state index in [1.165, 1.54) is 13.2 Å². The van der Waals surface area contributed by atoms with Crippen molar-refractivity contribution in [2.24, 2.45) is 0 Å². The number of carbonyl (C=O) groups is 1. The van der Waals surface area contributed by atoms with Crippen LogP contribution < -0.4 is 4.74 Å². The molecule has 0 aliphatic carbocycles. The number of phenols is 1. The highest BCUT2D eigenvalue weighted by Gasteiger charge is 2.09. The van der Waals surface area contributed by atoms with Crippen LogP contribution in [0.5, 0.6) is 11.5 Å². The van der Waals surface area contributed by atoms with Gasteiger partial charge in [-0.2, -0.15) is 0 Å². The number of hydrogen-bond donors (Lipinski definition) is 2. The number of halogens is 1. The molecule has 0 bridgehead atoms. The smallest absolute Gasteiger partial charge is 0.332 e. The fourth-order valence-electron chi connectivity index (χ4n) is 1.17. The van der Waals surface area contributed by atoms with Crippen LogP contribution in [0.15, 0.2) is 23.8 Å². The third-order valence-corrected chi connectivity index (χ3v) is 2.29. The predicted molar refractivity (Wildman–Crippen MR) is 61.0 cm³/mol. The molecule has 0 fully saturated rings. The van der Waals surface area contributed by atoms with Gasteiger partial charge in [-0.05, 0) is 12.1 Å². The zero-order valence-electron chi connectivity index (χ0n) is 8.61. The van der Waals surface area contributed by atoms with Crippen LogP contribution in [0.2, 0.25) is 0 Å². The number of methoxy groups -OCH3 is 1. The highest BCUT2D eigenvalue weighted by Crippen LogP contribution is 2.30. The standard InChI is InChI=1S/C11H11ClO4/c1-16-9-4-2-3-7(10(9)13)5-8(6-12)11(14)15/h2-5,13H,6H2,1H3,(H,14,15)/b8-5+. The molecule has 1 aromatic rings. The molecule has 0 spiro atoms. The van der Waals surface area contributed by atoms with Gasteiger partial charge in [0.15, 0.2) is 11.5 Å². The van der Waals surface area contributed by atoms with Crippen molar-refractivity contribution in [3.8, 4) is 11.5 Å². The molecule has 0 atom stereocenters. The fraction of sp³-hybridized carbons (Fsp3) is 0.182. The Morgan fingerprint density at radius 1 is 1.56 bits per heavy atom. The van der Waals surface area contributed by atoms with Gasteiger partial charge in [-0.3, -0.25) is 0 Å². The van der Waals surface area contributed by atoms with E-state index in [-0.39, 0.29) is 23.0 Å². The Balaban J connectivity index is 3.19. The minimum atomic E-state index is -1.11. The molecule has 0 unspecified atom stereocenters. The monoisotopic (exact) mass is 242 g/mol. The van der Waals surface area contributed by atoms with Crippen molar-refractivity contribution in [1.29, 1.82) is 0 Å². The van der Waals surface area contributed by atoms with Crippen LogP contribution in [0.3, 0.4) is 0 Å². The summed E-state index contributed by atoms with van der Waals surface area (Å²) in [6, 6.07) is 4.80. The van der Waals surface area contributed by atoms with Gasteiger partial charge >= 0.3 is 5.97 Å². The van der Waals surface area contributed by atoms with Crippen molar-refractivity contribution in [3.63, 3.8) is 0 Å². The minimum absolute atomic E-state index is 0.00483. The molecule has 1 aromatic carbocycles. The minimum Gasteiger partial charge on any atom is -0.504 e. The number of aliphatic carboxylic acids is 1. The Kier molecular flexibility index (Phi) is 4.19. The maximum absolute atomic E-state index is 10.7. The van der Waals surface area contributed by atoms with E-state index >= 15 is 0 Å². The predicted octanol–water partition coefficient (Wildman–Crippen LogP) is 2.11. The lowest BCUT2D eigenvalue weighted by atomic mass is 10.1. The van der Waals surface area contributed by atoms with Crippen LogP contribution >= 0.6 is 11.6 Å². The van der Waals surface area contributed by atoms with Crippen LogP contribution in [0.4, 0.5) is 0 Å². The van der Waals surface area contributed by atoms with Crippen molar-refractivity contribution in [2.75, 3.05) is 13.0 Å². The van der Waals surface area contributed by atoms with Crippen LogP contribution in [0.1, 0.15) is 5.56 Å². The van der Waals surface area contributed by atoms with Gasteiger partial charge in [0.25, 0.3) is 0 Å². The zero-order chi connectivity index (χ0) is 12.1. The lowest BCUT2D eigenvalue weighted by Gasteiger charge is -2.06. The highest BCUT2D eigenvalue weighted by atomic mass is 35.5. The molecule has 0 saturated heterocycles. The summed E-state index contributed by atoms with van der Waals surface area (Å²) < 4.78 is 4.90. The van der Waals surface area contributed by atoms with Crippen molar-refractivity contribution < 1.29 is 19.7 Å². The summed E-state index contributed by atoms with van der Waals surface area (Å²) in [5.41, 5.74) is 0.364. The highest BCUT2D eigenvalue weighted by molar-refractivity contribution is 6.22. The van der Waals surface area contributed by atoms with Gasteiger partial charge in [0, 0.05) is 5.56 Å². The molecule has 5 heteroatoms. The first-order chi connectivity index (χ1) is 7.60. The largest absolute Gasteiger partial charge is 0.504 e. The molecule has 2 N–H and O–H groups in total. The van der Waals surface area contributed by atoms with Crippen LogP contribution in [0, 0.1) is 0 Å². The van der Waals surface area contributed by atoms with E-state index in [1.807, 2.05) is 0 Å². The number of ether oxygens (including phenoxy) is 1. The van der Waals surface area contributed by atoms with E-state index in [0.29, 0.717) is 5.56 Å². The van der Waals surface area contributed by atoms with E-state index in [0.717, 1.165) is 0 Å². The molecule has 0 radical (unpaired) electrons. The van der Waals surface area contributed by atoms with E-state index < -0.39 is 5.97 Å². The third kappa shape index (κ3) is 2.67. The molecule has 0 aliphatic rings. The molecule has 0 heterocycles. The zero-order valence-corrected chi connectivity index (χ0v) is 9.36. The van der Waals surface area contributed by atoms with Gasteiger partial charge < -0.3 is 14.9 Å². The van der Waals surface area contributed by atoms with Crippen LogP contribution in [0.25, 0.3) is 6.08 Å². The Labute approximate surface area is 97.7 Å². The summed E-state index contributed by atoms with van der Waals surface area (Å²) in [5, 5.41) is 18.5. The number of phenolic OH excluding ortho intramolecular Hbond substituents is 1. The second kappa shape index (κ2) is 5.42. The van der Waals surface area contributed by atoms with E-state index in [9.17, 15) is 9.90 Å². The third-order valence-electron chi connectivity index (χ3n) is 2.00. The number of para-hydroxylation sites is 1. The summed E-state index contributed by atoms with van der Waals surface area (Å²) in [5.74, 6) is -1.06. The second-order valence-corrected chi connectivity index (χ2v) is 3.27. The molecule has 0 aliphatic heterocycles. The Morgan fingerprint density at radius 2 is 2.25 bits per heavy atom. The number of rotatable bonds is 4.